The Morgan fingerprint density at radius 3 is 2.40 bits per heavy atom. The second-order valence-electron chi connectivity index (χ2n) is 4.57. The second kappa shape index (κ2) is 4.23. The summed E-state index contributed by atoms with van der Waals surface area (Å²) in [4.78, 5) is 27.3. The first-order valence-electron chi connectivity index (χ1n) is 4.79. The Morgan fingerprint density at radius 1 is 1.40 bits per heavy atom. The molecule has 1 rings (SSSR count). The van der Waals surface area contributed by atoms with Crippen LogP contribution in [0.15, 0.2) is 5.38 Å². The highest BCUT2D eigenvalue weighted by Crippen LogP contribution is 2.19. The van der Waals surface area contributed by atoms with E-state index in [1.807, 2.05) is 33.1 Å². The lowest BCUT2D eigenvalue weighted by Crippen LogP contribution is -2.23. The molecule has 0 saturated carbocycles. The van der Waals surface area contributed by atoms with Crippen molar-refractivity contribution in [3.05, 3.63) is 16.1 Å². The van der Waals surface area contributed by atoms with Crippen molar-refractivity contribution in [2.45, 2.75) is 34.1 Å². The number of nitrogens with zero attached hydrogens (tertiary/aromatic N) is 1. The van der Waals surface area contributed by atoms with Gasteiger partial charge >= 0.3 is 0 Å². The van der Waals surface area contributed by atoms with Gasteiger partial charge in [-0.1, -0.05) is 20.8 Å². The Hall–Kier alpha value is -1.03. The Morgan fingerprint density at radius 2 is 2.00 bits per heavy atom. The van der Waals surface area contributed by atoms with Gasteiger partial charge in [0, 0.05) is 16.5 Å². The number of hydrogen-bond acceptors (Lipinski definition) is 4. The van der Waals surface area contributed by atoms with E-state index in [1.165, 1.54) is 11.3 Å². The SMILES string of the molecule is Cc1csc(C(=O)CC(=O)C(C)(C)C)n1. The molecule has 0 spiro atoms. The van der Waals surface area contributed by atoms with Crippen LogP contribution in [0.4, 0.5) is 0 Å². The number of Topliss-reactive ketones (excluding diaryl/α,β-unsaturated/α-hetero) is 2. The highest BCUT2D eigenvalue weighted by molar-refractivity contribution is 7.11. The zero-order valence-corrected chi connectivity index (χ0v) is 10.3. The van der Waals surface area contributed by atoms with Gasteiger partial charge in [-0.25, -0.2) is 4.98 Å². The maximum absolute atomic E-state index is 11.6. The summed E-state index contributed by atoms with van der Waals surface area (Å²) in [5.74, 6) is -0.214. The van der Waals surface area contributed by atoms with Crippen LogP contribution < -0.4 is 0 Å². The van der Waals surface area contributed by atoms with E-state index in [1.54, 1.807) is 0 Å². The number of carbonyl (C=O) groups excluding carboxylic acids is 2. The molecule has 4 heteroatoms. The van der Waals surface area contributed by atoms with E-state index >= 15 is 0 Å². The van der Waals surface area contributed by atoms with Gasteiger partial charge in [-0.15, -0.1) is 11.3 Å². The van der Waals surface area contributed by atoms with E-state index in [-0.39, 0.29) is 18.0 Å². The number of aromatic nitrogens is 1. The molecule has 0 aliphatic carbocycles. The summed E-state index contributed by atoms with van der Waals surface area (Å²) in [7, 11) is 0. The first-order chi connectivity index (χ1) is 6.80. The molecule has 0 bridgehead atoms. The minimum Gasteiger partial charge on any atom is -0.299 e. The predicted molar refractivity (Wildman–Crippen MR) is 60.3 cm³/mol. The molecule has 1 aromatic rings. The summed E-state index contributed by atoms with van der Waals surface area (Å²) in [6, 6.07) is 0. The van der Waals surface area contributed by atoms with Crippen LogP contribution >= 0.6 is 11.3 Å². The maximum atomic E-state index is 11.6. The van der Waals surface area contributed by atoms with Crippen molar-refractivity contribution in [1.82, 2.24) is 4.98 Å². The average Bonchev–Trinajstić information content (AvgIpc) is 2.50. The Balaban J connectivity index is 2.69. The molecule has 3 nitrogen and oxygen atoms in total. The monoisotopic (exact) mass is 225 g/mol. The highest BCUT2D eigenvalue weighted by atomic mass is 32.1. The van der Waals surface area contributed by atoms with Crippen molar-refractivity contribution < 1.29 is 9.59 Å². The van der Waals surface area contributed by atoms with Gasteiger partial charge in [-0.2, -0.15) is 0 Å². The molecule has 0 unspecified atom stereocenters. The lowest BCUT2D eigenvalue weighted by Gasteiger charge is -2.15. The van der Waals surface area contributed by atoms with Gasteiger partial charge in [0.15, 0.2) is 10.8 Å². The summed E-state index contributed by atoms with van der Waals surface area (Å²) in [6.45, 7) is 7.28. The molecule has 0 atom stereocenters. The number of carbonyl (C=O) groups is 2. The van der Waals surface area contributed by atoms with Crippen LogP contribution in [-0.2, 0) is 4.79 Å². The molecule has 0 aromatic carbocycles. The largest absolute Gasteiger partial charge is 0.299 e. The third-order valence-electron chi connectivity index (χ3n) is 2.02. The van der Waals surface area contributed by atoms with Crippen molar-refractivity contribution in [2.24, 2.45) is 5.41 Å². The third-order valence-corrected chi connectivity index (χ3v) is 3.02. The third kappa shape index (κ3) is 3.23. The second-order valence-corrected chi connectivity index (χ2v) is 5.43. The minimum atomic E-state index is -0.456. The van der Waals surface area contributed by atoms with Crippen LogP contribution in [0.1, 0.15) is 42.7 Å². The summed E-state index contributed by atoms with van der Waals surface area (Å²) in [5.41, 5.74) is 0.369. The van der Waals surface area contributed by atoms with E-state index in [0.717, 1.165) is 5.69 Å². The Bertz CT molecular complexity index is 388. The van der Waals surface area contributed by atoms with Gasteiger partial charge in [0.2, 0.25) is 0 Å². The van der Waals surface area contributed by atoms with Gasteiger partial charge in [-0.05, 0) is 6.92 Å². The van der Waals surface area contributed by atoms with Gasteiger partial charge < -0.3 is 0 Å². The van der Waals surface area contributed by atoms with Crippen molar-refractivity contribution >= 4 is 22.9 Å². The van der Waals surface area contributed by atoms with Crippen molar-refractivity contribution in [2.75, 3.05) is 0 Å². The normalized spacial score (nSPS) is 11.5. The quantitative estimate of drug-likeness (QED) is 0.587. The molecule has 0 aliphatic heterocycles. The summed E-state index contributed by atoms with van der Waals surface area (Å²) < 4.78 is 0. The molecule has 1 aromatic heterocycles. The number of ketones is 2. The Labute approximate surface area is 93.5 Å². The number of rotatable bonds is 3. The van der Waals surface area contributed by atoms with Crippen LogP contribution in [-0.4, -0.2) is 16.6 Å². The predicted octanol–water partition coefficient (Wildman–Crippen LogP) is 2.64. The molecule has 0 saturated heterocycles. The van der Waals surface area contributed by atoms with E-state index in [9.17, 15) is 9.59 Å². The first-order valence-corrected chi connectivity index (χ1v) is 5.67. The standard InChI is InChI=1S/C11H15NO2S/c1-7-6-15-10(12-7)8(13)5-9(14)11(2,3)4/h6H,5H2,1-4H3. The van der Waals surface area contributed by atoms with E-state index in [0.29, 0.717) is 5.01 Å². The van der Waals surface area contributed by atoms with Crippen molar-refractivity contribution in [3.63, 3.8) is 0 Å². The van der Waals surface area contributed by atoms with Gasteiger partial charge in [-0.3, -0.25) is 9.59 Å². The highest BCUT2D eigenvalue weighted by Gasteiger charge is 2.25. The molecule has 0 N–H and O–H groups in total. The van der Waals surface area contributed by atoms with Gasteiger partial charge in [0.25, 0.3) is 0 Å². The summed E-state index contributed by atoms with van der Waals surface area (Å²) in [6.07, 6.45) is -0.0452. The molecular formula is C11H15NO2S. The number of hydrogen-bond donors (Lipinski definition) is 0. The van der Waals surface area contributed by atoms with Crippen LogP contribution in [0.5, 0.6) is 0 Å². The molecule has 0 amide bonds. The fraction of sp³-hybridized carbons (Fsp3) is 0.545. The zero-order chi connectivity index (χ0) is 11.6. The molecule has 0 fully saturated rings. The minimum absolute atomic E-state index is 0.0413. The number of aryl methyl sites for hydroxylation is 1. The summed E-state index contributed by atoms with van der Waals surface area (Å²) >= 11 is 1.30. The van der Waals surface area contributed by atoms with Crippen molar-refractivity contribution in [1.29, 1.82) is 0 Å². The van der Waals surface area contributed by atoms with Gasteiger partial charge in [0.1, 0.15) is 5.78 Å². The number of thiazole rings is 1. The smallest absolute Gasteiger partial charge is 0.198 e. The fourth-order valence-electron chi connectivity index (χ4n) is 0.969. The molecule has 1 heterocycles. The lowest BCUT2D eigenvalue weighted by atomic mass is 9.88. The lowest BCUT2D eigenvalue weighted by molar-refractivity contribution is -0.125. The van der Waals surface area contributed by atoms with E-state index < -0.39 is 5.41 Å². The molecule has 0 aliphatic rings. The first kappa shape index (κ1) is 12.0. The summed E-state index contributed by atoms with van der Waals surface area (Å²) in [5, 5.41) is 2.25. The van der Waals surface area contributed by atoms with Crippen LogP contribution in [0.25, 0.3) is 0 Å². The van der Waals surface area contributed by atoms with Crippen molar-refractivity contribution in [3.8, 4) is 0 Å². The topological polar surface area (TPSA) is 47.0 Å². The van der Waals surface area contributed by atoms with Crippen LogP contribution in [0, 0.1) is 12.3 Å². The molecular weight excluding hydrogens is 210 g/mol. The van der Waals surface area contributed by atoms with Gasteiger partial charge in [0.05, 0.1) is 6.42 Å². The molecule has 82 valence electrons. The van der Waals surface area contributed by atoms with Crippen LogP contribution in [0.3, 0.4) is 0 Å². The zero-order valence-electron chi connectivity index (χ0n) is 9.46. The molecule has 0 radical (unpaired) electrons. The average molecular weight is 225 g/mol. The van der Waals surface area contributed by atoms with E-state index in [2.05, 4.69) is 4.98 Å². The Kier molecular flexibility index (Phi) is 3.39. The fourth-order valence-corrected chi connectivity index (χ4v) is 1.70. The van der Waals surface area contributed by atoms with E-state index in [4.69, 9.17) is 0 Å². The van der Waals surface area contributed by atoms with Crippen LogP contribution in [0.2, 0.25) is 0 Å². The molecule has 15 heavy (non-hydrogen) atoms. The maximum Gasteiger partial charge on any atom is 0.198 e.